The highest BCUT2D eigenvalue weighted by Gasteiger charge is 2.09. The molecule has 1 unspecified atom stereocenters. The normalized spacial score (nSPS) is 20.8. The van der Waals surface area contributed by atoms with E-state index in [0.29, 0.717) is 0 Å². The number of ether oxygens (including phenoxy) is 1. The highest BCUT2D eigenvalue weighted by atomic mass is 35.5. The molecule has 0 fully saturated rings. The van der Waals surface area contributed by atoms with E-state index >= 15 is 0 Å². The van der Waals surface area contributed by atoms with Gasteiger partial charge in [-0.3, -0.25) is 0 Å². The zero-order chi connectivity index (χ0) is 9.80. The molecular weight excluding hydrogens is 196 g/mol. The Morgan fingerprint density at radius 1 is 1.36 bits per heavy atom. The van der Waals surface area contributed by atoms with Gasteiger partial charge < -0.3 is 4.74 Å². The minimum atomic E-state index is 0.224. The van der Waals surface area contributed by atoms with E-state index in [2.05, 4.69) is 12.2 Å². The van der Waals surface area contributed by atoms with Crippen LogP contribution in [0.5, 0.6) is 5.75 Å². The fraction of sp³-hybridized carbons (Fsp3) is 0.333. The number of benzene rings is 1. The molecule has 1 aliphatic rings. The van der Waals surface area contributed by atoms with Crippen LogP contribution in [0.2, 0.25) is 5.02 Å². The molecule has 0 saturated heterocycles. The summed E-state index contributed by atoms with van der Waals surface area (Å²) in [6.07, 6.45) is 8.02. The lowest BCUT2D eigenvalue weighted by Crippen LogP contribution is -2.15. The Kier molecular flexibility index (Phi) is 3.10. The average molecular weight is 209 g/mol. The van der Waals surface area contributed by atoms with Crippen LogP contribution in [0.15, 0.2) is 36.4 Å². The number of halogens is 1. The maximum atomic E-state index is 5.86. The van der Waals surface area contributed by atoms with Crippen LogP contribution in [-0.4, -0.2) is 6.10 Å². The van der Waals surface area contributed by atoms with E-state index in [0.717, 1.165) is 17.2 Å². The number of rotatable bonds is 2. The lowest BCUT2D eigenvalue weighted by atomic mass is 10.1. The van der Waals surface area contributed by atoms with Crippen molar-refractivity contribution < 1.29 is 4.74 Å². The van der Waals surface area contributed by atoms with Gasteiger partial charge >= 0.3 is 0 Å². The van der Waals surface area contributed by atoms with E-state index in [1.165, 1.54) is 12.8 Å². The Labute approximate surface area is 89.3 Å². The van der Waals surface area contributed by atoms with Crippen molar-refractivity contribution in [2.75, 3.05) is 0 Å². The minimum Gasteiger partial charge on any atom is -0.486 e. The summed E-state index contributed by atoms with van der Waals surface area (Å²) in [6.45, 7) is 0. The summed E-state index contributed by atoms with van der Waals surface area (Å²) in [6, 6.07) is 7.55. The third kappa shape index (κ3) is 2.52. The molecule has 1 aromatic rings. The fourth-order valence-electron chi connectivity index (χ4n) is 1.59. The van der Waals surface area contributed by atoms with Crippen LogP contribution in [0, 0.1) is 0 Å². The first-order valence-electron chi connectivity index (χ1n) is 4.93. The van der Waals surface area contributed by atoms with Crippen LogP contribution in [0.4, 0.5) is 0 Å². The molecule has 0 heterocycles. The molecule has 1 atom stereocenters. The summed E-state index contributed by atoms with van der Waals surface area (Å²) >= 11 is 5.86. The van der Waals surface area contributed by atoms with Crippen molar-refractivity contribution in [3.63, 3.8) is 0 Å². The largest absolute Gasteiger partial charge is 0.486 e. The van der Waals surface area contributed by atoms with Crippen LogP contribution in [-0.2, 0) is 0 Å². The third-order valence-corrected chi connectivity index (χ3v) is 2.53. The van der Waals surface area contributed by atoms with Crippen LogP contribution < -0.4 is 4.74 Å². The maximum absolute atomic E-state index is 5.86. The van der Waals surface area contributed by atoms with Gasteiger partial charge in [0.15, 0.2) is 0 Å². The van der Waals surface area contributed by atoms with Crippen molar-refractivity contribution in [3.8, 4) is 5.75 Å². The van der Waals surface area contributed by atoms with Gasteiger partial charge in [0.1, 0.15) is 11.9 Å². The SMILES string of the molecule is Clc1cccc(OC2C=CCCC2)c1. The second-order valence-electron chi connectivity index (χ2n) is 3.47. The molecule has 0 aliphatic heterocycles. The predicted octanol–water partition coefficient (Wildman–Crippen LogP) is 3.83. The van der Waals surface area contributed by atoms with Gasteiger partial charge in [-0.15, -0.1) is 0 Å². The summed E-state index contributed by atoms with van der Waals surface area (Å²) in [4.78, 5) is 0. The Balaban J connectivity index is 2.02. The molecule has 2 heteroatoms. The first-order chi connectivity index (χ1) is 6.84. The van der Waals surface area contributed by atoms with Crippen LogP contribution >= 0.6 is 11.6 Å². The smallest absolute Gasteiger partial charge is 0.121 e. The lowest BCUT2D eigenvalue weighted by molar-refractivity contribution is 0.230. The van der Waals surface area contributed by atoms with Gasteiger partial charge in [0.2, 0.25) is 0 Å². The quantitative estimate of drug-likeness (QED) is 0.672. The molecule has 0 amide bonds. The summed E-state index contributed by atoms with van der Waals surface area (Å²) in [5.41, 5.74) is 0. The molecule has 0 spiro atoms. The molecule has 1 aliphatic carbocycles. The van der Waals surface area contributed by atoms with Gasteiger partial charge in [-0.05, 0) is 43.5 Å². The molecule has 0 bridgehead atoms. The molecule has 14 heavy (non-hydrogen) atoms. The topological polar surface area (TPSA) is 9.23 Å². The van der Waals surface area contributed by atoms with Crippen molar-refractivity contribution in [2.45, 2.75) is 25.4 Å². The molecule has 1 nitrogen and oxygen atoms in total. The van der Waals surface area contributed by atoms with Gasteiger partial charge in [0.25, 0.3) is 0 Å². The number of hydrogen-bond donors (Lipinski definition) is 0. The summed E-state index contributed by atoms with van der Waals surface area (Å²) in [5.74, 6) is 0.856. The van der Waals surface area contributed by atoms with Crippen molar-refractivity contribution >= 4 is 11.6 Å². The van der Waals surface area contributed by atoms with Gasteiger partial charge in [-0.25, -0.2) is 0 Å². The van der Waals surface area contributed by atoms with E-state index in [1.54, 1.807) is 0 Å². The van der Waals surface area contributed by atoms with Gasteiger partial charge in [-0.1, -0.05) is 23.7 Å². The highest BCUT2D eigenvalue weighted by molar-refractivity contribution is 6.30. The summed E-state index contributed by atoms with van der Waals surface area (Å²) in [5, 5.41) is 0.724. The molecular formula is C12H13ClO. The van der Waals surface area contributed by atoms with Crippen molar-refractivity contribution in [3.05, 3.63) is 41.4 Å². The second kappa shape index (κ2) is 4.52. The number of allylic oxidation sites excluding steroid dienone is 1. The Morgan fingerprint density at radius 2 is 2.29 bits per heavy atom. The van der Waals surface area contributed by atoms with E-state index in [9.17, 15) is 0 Å². The van der Waals surface area contributed by atoms with Crippen LogP contribution in [0.1, 0.15) is 19.3 Å². The molecule has 1 aromatic carbocycles. The van der Waals surface area contributed by atoms with E-state index < -0.39 is 0 Å². The zero-order valence-corrected chi connectivity index (χ0v) is 8.70. The molecule has 74 valence electrons. The van der Waals surface area contributed by atoms with Gasteiger partial charge in [0, 0.05) is 5.02 Å². The summed E-state index contributed by atoms with van der Waals surface area (Å²) in [7, 11) is 0. The highest BCUT2D eigenvalue weighted by Crippen LogP contribution is 2.21. The monoisotopic (exact) mass is 208 g/mol. The van der Waals surface area contributed by atoms with Crippen molar-refractivity contribution in [2.24, 2.45) is 0 Å². The second-order valence-corrected chi connectivity index (χ2v) is 3.91. The molecule has 0 saturated carbocycles. The van der Waals surface area contributed by atoms with E-state index in [-0.39, 0.29) is 6.10 Å². The lowest BCUT2D eigenvalue weighted by Gasteiger charge is -2.18. The van der Waals surface area contributed by atoms with Gasteiger partial charge in [0.05, 0.1) is 0 Å². The maximum Gasteiger partial charge on any atom is 0.121 e. The average Bonchev–Trinajstić information content (AvgIpc) is 2.19. The Morgan fingerprint density at radius 3 is 3.00 bits per heavy atom. The minimum absolute atomic E-state index is 0.224. The zero-order valence-electron chi connectivity index (χ0n) is 7.95. The van der Waals surface area contributed by atoms with Crippen LogP contribution in [0.3, 0.4) is 0 Å². The predicted molar refractivity (Wildman–Crippen MR) is 58.9 cm³/mol. The number of hydrogen-bond acceptors (Lipinski definition) is 1. The molecule has 0 radical (unpaired) electrons. The first-order valence-corrected chi connectivity index (χ1v) is 5.31. The molecule has 0 aromatic heterocycles. The first kappa shape index (κ1) is 9.60. The standard InChI is InChI=1S/C12H13ClO/c13-10-5-4-8-12(9-10)14-11-6-2-1-3-7-11/h2,4-6,8-9,11H,1,3,7H2. The van der Waals surface area contributed by atoms with Gasteiger partial charge in [-0.2, -0.15) is 0 Å². The fourth-order valence-corrected chi connectivity index (χ4v) is 1.77. The molecule has 0 N–H and O–H groups in total. The van der Waals surface area contributed by atoms with Crippen molar-refractivity contribution in [1.82, 2.24) is 0 Å². The molecule has 2 rings (SSSR count). The Hall–Kier alpha value is -0.950. The van der Waals surface area contributed by atoms with Crippen LogP contribution in [0.25, 0.3) is 0 Å². The van der Waals surface area contributed by atoms with E-state index in [4.69, 9.17) is 16.3 Å². The van der Waals surface area contributed by atoms with Crippen molar-refractivity contribution in [1.29, 1.82) is 0 Å². The third-order valence-electron chi connectivity index (χ3n) is 2.29. The summed E-state index contributed by atoms with van der Waals surface area (Å²) < 4.78 is 5.76. The Bertz CT molecular complexity index is 333. The van der Waals surface area contributed by atoms with E-state index in [1.807, 2.05) is 24.3 Å².